The molecule has 0 aromatic carbocycles. The molecule has 0 aliphatic heterocycles. The summed E-state index contributed by atoms with van der Waals surface area (Å²) in [5.41, 5.74) is 9.30. The molecule has 0 aliphatic carbocycles. The maximum atomic E-state index is 15.1. The Morgan fingerprint density at radius 2 is 2.06 bits per heavy atom. The minimum atomic E-state index is -0.447. The van der Waals surface area contributed by atoms with E-state index in [0.717, 1.165) is 29.7 Å². The van der Waals surface area contributed by atoms with Gasteiger partial charge in [0.05, 0.1) is 13.1 Å². The van der Waals surface area contributed by atoms with Gasteiger partial charge >= 0.3 is 0 Å². The van der Waals surface area contributed by atoms with Crippen LogP contribution in [0.5, 0.6) is 0 Å². The standard InChI is InChI=1S/C24H32FN5O/c1-6-10-19(7-2)30(23-21(25)13-17(14-28-23)11-9-12-26)16-18-15-27-22(20(18)8-3)24(31)29(4)5/h10,13-15,27H,6-8,12,16,26H2,1-5H3/b19-10+. The number of hydrogen-bond donors (Lipinski definition) is 2. The molecule has 6 nitrogen and oxygen atoms in total. The molecule has 2 aromatic heterocycles. The Kier molecular flexibility index (Phi) is 8.83. The number of nitrogens with one attached hydrogen (secondary N) is 1. The number of nitrogens with zero attached hydrogens (tertiary/aromatic N) is 3. The zero-order valence-electron chi connectivity index (χ0n) is 19.1. The van der Waals surface area contributed by atoms with E-state index in [9.17, 15) is 4.79 Å². The summed E-state index contributed by atoms with van der Waals surface area (Å²) in [6, 6.07) is 1.38. The van der Waals surface area contributed by atoms with E-state index in [1.165, 1.54) is 6.07 Å². The number of carbonyl (C=O) groups excluding carboxylic acids is 1. The van der Waals surface area contributed by atoms with Crippen LogP contribution in [0, 0.1) is 17.7 Å². The number of carbonyl (C=O) groups is 1. The summed E-state index contributed by atoms with van der Waals surface area (Å²) in [5, 5.41) is 0. The van der Waals surface area contributed by atoms with E-state index >= 15 is 4.39 Å². The summed E-state index contributed by atoms with van der Waals surface area (Å²) in [6.07, 6.45) is 7.70. The molecule has 0 unspecified atom stereocenters. The number of aromatic amines is 1. The van der Waals surface area contributed by atoms with Crippen molar-refractivity contribution in [1.29, 1.82) is 0 Å². The molecule has 2 heterocycles. The lowest BCUT2D eigenvalue weighted by Crippen LogP contribution is -2.25. The topological polar surface area (TPSA) is 78.2 Å². The Bertz CT molecular complexity index is 997. The van der Waals surface area contributed by atoms with Crippen molar-refractivity contribution in [3.8, 4) is 11.8 Å². The van der Waals surface area contributed by atoms with Crippen LogP contribution in [0.3, 0.4) is 0 Å². The zero-order chi connectivity index (χ0) is 23.0. The van der Waals surface area contributed by atoms with Crippen molar-refractivity contribution in [3.63, 3.8) is 0 Å². The Hall–Kier alpha value is -3.11. The molecule has 0 spiro atoms. The molecular formula is C24H32FN5O. The number of hydrogen-bond acceptors (Lipinski definition) is 4. The molecule has 0 atom stereocenters. The van der Waals surface area contributed by atoms with Gasteiger partial charge in [-0.3, -0.25) is 4.79 Å². The highest BCUT2D eigenvalue weighted by Crippen LogP contribution is 2.28. The quantitative estimate of drug-likeness (QED) is 0.630. The highest BCUT2D eigenvalue weighted by Gasteiger charge is 2.22. The van der Waals surface area contributed by atoms with Gasteiger partial charge in [0, 0.05) is 37.7 Å². The molecular weight excluding hydrogens is 393 g/mol. The lowest BCUT2D eigenvalue weighted by Gasteiger charge is -2.27. The molecule has 0 saturated heterocycles. The van der Waals surface area contributed by atoms with Crippen molar-refractivity contribution in [2.24, 2.45) is 5.73 Å². The van der Waals surface area contributed by atoms with Crippen molar-refractivity contribution in [3.05, 3.63) is 58.4 Å². The van der Waals surface area contributed by atoms with Crippen LogP contribution in [0.1, 0.15) is 60.8 Å². The van der Waals surface area contributed by atoms with Gasteiger partial charge in [-0.2, -0.15) is 0 Å². The smallest absolute Gasteiger partial charge is 0.270 e. The van der Waals surface area contributed by atoms with Gasteiger partial charge in [0.1, 0.15) is 5.69 Å². The van der Waals surface area contributed by atoms with Gasteiger partial charge in [-0.25, -0.2) is 9.37 Å². The van der Waals surface area contributed by atoms with Gasteiger partial charge in [0.25, 0.3) is 5.91 Å². The average molecular weight is 426 g/mol. The second-order valence-corrected chi connectivity index (χ2v) is 7.30. The summed E-state index contributed by atoms with van der Waals surface area (Å²) < 4.78 is 15.1. The Labute approximate surface area is 184 Å². The second-order valence-electron chi connectivity index (χ2n) is 7.30. The lowest BCUT2D eigenvalue weighted by atomic mass is 10.1. The third kappa shape index (κ3) is 5.74. The fourth-order valence-electron chi connectivity index (χ4n) is 3.47. The number of halogens is 1. The molecule has 2 aromatic rings. The van der Waals surface area contributed by atoms with E-state index in [1.807, 2.05) is 31.9 Å². The van der Waals surface area contributed by atoms with Crippen LogP contribution in [0.2, 0.25) is 0 Å². The van der Waals surface area contributed by atoms with E-state index in [1.54, 1.807) is 25.2 Å². The average Bonchev–Trinajstić information content (AvgIpc) is 3.16. The van der Waals surface area contributed by atoms with Gasteiger partial charge in [0.2, 0.25) is 0 Å². The molecule has 31 heavy (non-hydrogen) atoms. The van der Waals surface area contributed by atoms with Crippen molar-refractivity contribution in [2.75, 3.05) is 25.5 Å². The van der Waals surface area contributed by atoms with Crippen LogP contribution in [0.15, 0.2) is 30.2 Å². The molecule has 0 saturated carbocycles. The molecule has 0 fully saturated rings. The van der Waals surface area contributed by atoms with Crippen LogP contribution < -0.4 is 10.6 Å². The van der Waals surface area contributed by atoms with E-state index in [-0.39, 0.29) is 18.3 Å². The SMILES string of the molecule is CC/C=C(\CC)N(Cc1c[nH]c(C(=O)N(C)C)c1CC)c1ncc(C#CCN)cc1F. The summed E-state index contributed by atoms with van der Waals surface area (Å²) >= 11 is 0. The van der Waals surface area contributed by atoms with Gasteiger partial charge < -0.3 is 20.5 Å². The number of allylic oxidation sites excluding steroid dienone is 2. The van der Waals surface area contributed by atoms with Crippen LogP contribution in [0.4, 0.5) is 10.2 Å². The Morgan fingerprint density at radius 3 is 2.61 bits per heavy atom. The normalized spacial score (nSPS) is 11.1. The number of amides is 1. The van der Waals surface area contributed by atoms with Crippen LogP contribution >= 0.6 is 0 Å². The predicted molar refractivity (Wildman–Crippen MR) is 123 cm³/mol. The first-order valence-electron chi connectivity index (χ1n) is 10.6. The monoisotopic (exact) mass is 425 g/mol. The van der Waals surface area contributed by atoms with Gasteiger partial charge in [0.15, 0.2) is 11.6 Å². The fourth-order valence-corrected chi connectivity index (χ4v) is 3.47. The maximum Gasteiger partial charge on any atom is 0.270 e. The second kappa shape index (κ2) is 11.3. The third-order valence-electron chi connectivity index (χ3n) is 4.94. The maximum absolute atomic E-state index is 15.1. The highest BCUT2D eigenvalue weighted by molar-refractivity contribution is 5.94. The van der Waals surface area contributed by atoms with Crippen molar-refractivity contribution in [1.82, 2.24) is 14.9 Å². The highest BCUT2D eigenvalue weighted by atomic mass is 19.1. The number of anilines is 1. The van der Waals surface area contributed by atoms with Gasteiger partial charge in [-0.05, 0) is 36.5 Å². The summed E-state index contributed by atoms with van der Waals surface area (Å²) in [5.74, 6) is 5.25. The van der Waals surface area contributed by atoms with E-state index in [0.29, 0.717) is 24.2 Å². The van der Waals surface area contributed by atoms with Gasteiger partial charge in [-0.1, -0.05) is 38.7 Å². The molecule has 0 bridgehead atoms. The van der Waals surface area contributed by atoms with E-state index < -0.39 is 5.82 Å². The summed E-state index contributed by atoms with van der Waals surface area (Å²) in [4.78, 5) is 23.5. The first-order valence-corrected chi connectivity index (χ1v) is 10.6. The van der Waals surface area contributed by atoms with Crippen molar-refractivity contribution in [2.45, 2.75) is 46.6 Å². The first-order chi connectivity index (χ1) is 14.9. The largest absolute Gasteiger partial charge is 0.357 e. The number of H-pyrrole nitrogens is 1. The molecule has 2 rings (SSSR count). The molecule has 0 aliphatic rings. The first kappa shape index (κ1) is 24.2. The molecule has 1 amide bonds. The minimum absolute atomic E-state index is 0.0819. The van der Waals surface area contributed by atoms with Crippen LogP contribution in [-0.2, 0) is 13.0 Å². The van der Waals surface area contributed by atoms with Gasteiger partial charge in [-0.15, -0.1) is 0 Å². The van der Waals surface area contributed by atoms with Crippen LogP contribution in [0.25, 0.3) is 0 Å². The molecule has 3 N–H and O–H groups in total. The van der Waals surface area contributed by atoms with E-state index in [4.69, 9.17) is 5.73 Å². The number of aromatic nitrogens is 2. The fraction of sp³-hybridized carbons (Fsp3) is 0.417. The Balaban J connectivity index is 2.53. The lowest BCUT2D eigenvalue weighted by molar-refractivity contribution is 0.0821. The minimum Gasteiger partial charge on any atom is -0.357 e. The Morgan fingerprint density at radius 1 is 1.32 bits per heavy atom. The molecule has 7 heteroatoms. The number of rotatable bonds is 8. The third-order valence-corrected chi connectivity index (χ3v) is 4.94. The van der Waals surface area contributed by atoms with Crippen molar-refractivity contribution >= 4 is 11.7 Å². The summed E-state index contributed by atoms with van der Waals surface area (Å²) in [7, 11) is 3.45. The van der Waals surface area contributed by atoms with Crippen LogP contribution in [-0.4, -0.2) is 41.4 Å². The van der Waals surface area contributed by atoms with Crippen molar-refractivity contribution < 1.29 is 9.18 Å². The zero-order valence-corrected chi connectivity index (χ0v) is 19.1. The molecule has 166 valence electrons. The molecule has 0 radical (unpaired) electrons. The predicted octanol–water partition coefficient (Wildman–Crippen LogP) is 3.83. The number of nitrogens with two attached hydrogens (primary N) is 1. The summed E-state index contributed by atoms with van der Waals surface area (Å²) in [6.45, 7) is 6.70. The number of pyridine rings is 1. The van der Waals surface area contributed by atoms with E-state index in [2.05, 4.69) is 27.9 Å².